The number of hydrogen-bond donors (Lipinski definition) is 3. The van der Waals surface area contributed by atoms with Crippen molar-refractivity contribution in [1.82, 2.24) is 16.0 Å². The Hall–Kier alpha value is -2.15. The van der Waals surface area contributed by atoms with E-state index in [1.807, 2.05) is 0 Å². The van der Waals surface area contributed by atoms with Gasteiger partial charge in [-0.25, -0.2) is 9.18 Å². The maximum Gasteiger partial charge on any atom is 0.314 e. The molecule has 2 rings (SSSR count). The molecule has 3 amide bonds. The lowest BCUT2D eigenvalue weighted by molar-refractivity contribution is 0.0949. The Bertz CT molecular complexity index is 533. The fraction of sp³-hybridized carbons (Fsp3) is 0.500. The zero-order chi connectivity index (χ0) is 16.5. The van der Waals surface area contributed by atoms with Crippen LogP contribution in [0, 0.1) is 5.82 Å². The SMILES string of the molecule is O=C(NCCCNC(=O)c1ccccc1F)NCC1CCCO1. The van der Waals surface area contributed by atoms with Gasteiger partial charge >= 0.3 is 6.03 Å². The first-order valence-electron chi connectivity index (χ1n) is 7.83. The van der Waals surface area contributed by atoms with Crippen molar-refractivity contribution < 1.29 is 18.7 Å². The number of benzene rings is 1. The second-order valence-electron chi connectivity index (χ2n) is 5.36. The van der Waals surface area contributed by atoms with Crippen LogP contribution in [0.15, 0.2) is 24.3 Å². The molecule has 1 aromatic rings. The Morgan fingerprint density at radius 1 is 1.17 bits per heavy atom. The van der Waals surface area contributed by atoms with Crippen molar-refractivity contribution in [1.29, 1.82) is 0 Å². The van der Waals surface area contributed by atoms with Gasteiger partial charge in [-0.1, -0.05) is 12.1 Å². The molecule has 0 saturated carbocycles. The summed E-state index contributed by atoms with van der Waals surface area (Å²) >= 11 is 0. The van der Waals surface area contributed by atoms with E-state index < -0.39 is 11.7 Å². The molecule has 1 aliphatic heterocycles. The Morgan fingerprint density at radius 2 is 1.96 bits per heavy atom. The number of amides is 3. The highest BCUT2D eigenvalue weighted by molar-refractivity contribution is 5.94. The van der Waals surface area contributed by atoms with Gasteiger partial charge in [-0.2, -0.15) is 0 Å². The van der Waals surface area contributed by atoms with Gasteiger partial charge in [-0.3, -0.25) is 4.79 Å². The van der Waals surface area contributed by atoms with Crippen LogP contribution in [0.1, 0.15) is 29.6 Å². The lowest BCUT2D eigenvalue weighted by atomic mass is 10.2. The van der Waals surface area contributed by atoms with Crippen LogP contribution in [0.4, 0.5) is 9.18 Å². The van der Waals surface area contributed by atoms with Crippen molar-refractivity contribution in [2.75, 3.05) is 26.2 Å². The van der Waals surface area contributed by atoms with Crippen LogP contribution in [-0.4, -0.2) is 44.3 Å². The van der Waals surface area contributed by atoms with E-state index in [0.717, 1.165) is 19.4 Å². The number of halogens is 1. The third kappa shape index (κ3) is 5.86. The standard InChI is InChI=1S/C16H22FN3O3/c17-14-7-2-1-6-13(14)15(21)18-8-4-9-19-16(22)20-11-12-5-3-10-23-12/h1-2,6-7,12H,3-5,8-11H2,(H,18,21)(H2,19,20,22). The number of urea groups is 1. The van der Waals surface area contributed by atoms with E-state index in [1.165, 1.54) is 18.2 Å². The molecular weight excluding hydrogens is 301 g/mol. The van der Waals surface area contributed by atoms with E-state index in [2.05, 4.69) is 16.0 Å². The highest BCUT2D eigenvalue weighted by Crippen LogP contribution is 2.10. The van der Waals surface area contributed by atoms with Gasteiger partial charge in [0.1, 0.15) is 5.82 Å². The van der Waals surface area contributed by atoms with Crippen LogP contribution in [0.25, 0.3) is 0 Å². The lowest BCUT2D eigenvalue weighted by Gasteiger charge is -2.12. The number of nitrogens with one attached hydrogen (secondary N) is 3. The Balaban J connectivity index is 1.54. The molecule has 0 bridgehead atoms. The van der Waals surface area contributed by atoms with Crippen molar-refractivity contribution in [2.24, 2.45) is 0 Å². The van der Waals surface area contributed by atoms with Gasteiger partial charge in [0.15, 0.2) is 0 Å². The largest absolute Gasteiger partial charge is 0.376 e. The zero-order valence-corrected chi connectivity index (χ0v) is 12.9. The summed E-state index contributed by atoms with van der Waals surface area (Å²) in [7, 11) is 0. The average molecular weight is 323 g/mol. The number of ether oxygens (including phenoxy) is 1. The highest BCUT2D eigenvalue weighted by Gasteiger charge is 2.15. The van der Waals surface area contributed by atoms with E-state index in [1.54, 1.807) is 6.07 Å². The van der Waals surface area contributed by atoms with Crippen molar-refractivity contribution >= 4 is 11.9 Å². The topological polar surface area (TPSA) is 79.5 Å². The van der Waals surface area contributed by atoms with Crippen LogP contribution in [-0.2, 0) is 4.74 Å². The van der Waals surface area contributed by atoms with Crippen molar-refractivity contribution in [2.45, 2.75) is 25.4 Å². The predicted molar refractivity (Wildman–Crippen MR) is 83.7 cm³/mol. The third-order valence-corrected chi connectivity index (χ3v) is 3.56. The molecule has 1 heterocycles. The van der Waals surface area contributed by atoms with Gasteiger partial charge in [0.25, 0.3) is 5.91 Å². The molecule has 1 saturated heterocycles. The highest BCUT2D eigenvalue weighted by atomic mass is 19.1. The minimum Gasteiger partial charge on any atom is -0.376 e. The maximum absolute atomic E-state index is 13.4. The molecule has 23 heavy (non-hydrogen) atoms. The summed E-state index contributed by atoms with van der Waals surface area (Å²) in [4.78, 5) is 23.3. The van der Waals surface area contributed by atoms with E-state index in [0.29, 0.717) is 26.1 Å². The zero-order valence-electron chi connectivity index (χ0n) is 12.9. The summed E-state index contributed by atoms with van der Waals surface area (Å²) in [5, 5.41) is 8.07. The molecule has 1 fully saturated rings. The average Bonchev–Trinajstić information content (AvgIpc) is 3.06. The van der Waals surface area contributed by atoms with E-state index >= 15 is 0 Å². The molecule has 1 aromatic carbocycles. The summed E-state index contributed by atoms with van der Waals surface area (Å²) in [6.45, 7) is 2.06. The summed E-state index contributed by atoms with van der Waals surface area (Å²) < 4.78 is 18.8. The van der Waals surface area contributed by atoms with Crippen LogP contribution in [0.5, 0.6) is 0 Å². The molecule has 0 aromatic heterocycles. The molecule has 3 N–H and O–H groups in total. The van der Waals surface area contributed by atoms with E-state index in [4.69, 9.17) is 4.74 Å². The minimum atomic E-state index is -0.545. The number of hydrogen-bond acceptors (Lipinski definition) is 3. The Labute approximate surface area is 134 Å². The number of carbonyl (C=O) groups excluding carboxylic acids is 2. The molecule has 0 radical (unpaired) electrons. The Morgan fingerprint density at radius 3 is 2.70 bits per heavy atom. The van der Waals surface area contributed by atoms with Crippen LogP contribution in [0.3, 0.4) is 0 Å². The maximum atomic E-state index is 13.4. The first kappa shape index (κ1) is 17.2. The quantitative estimate of drug-likeness (QED) is 0.664. The second kappa shape index (κ2) is 9.09. The first-order chi connectivity index (χ1) is 11.2. The molecule has 1 unspecified atom stereocenters. The van der Waals surface area contributed by atoms with E-state index in [-0.39, 0.29) is 17.7 Å². The molecule has 126 valence electrons. The summed E-state index contributed by atoms with van der Waals surface area (Å²) in [6.07, 6.45) is 2.69. The van der Waals surface area contributed by atoms with Crippen LogP contribution < -0.4 is 16.0 Å². The second-order valence-corrected chi connectivity index (χ2v) is 5.36. The molecule has 6 nitrogen and oxygen atoms in total. The molecular formula is C16H22FN3O3. The molecule has 1 atom stereocenters. The van der Waals surface area contributed by atoms with Gasteiger partial charge in [-0.05, 0) is 31.4 Å². The van der Waals surface area contributed by atoms with Gasteiger partial charge in [0.2, 0.25) is 0 Å². The monoisotopic (exact) mass is 323 g/mol. The molecule has 7 heteroatoms. The Kier molecular flexibility index (Phi) is 6.80. The summed E-state index contributed by atoms with van der Waals surface area (Å²) in [5.41, 5.74) is 0.0229. The molecule has 0 aliphatic carbocycles. The smallest absolute Gasteiger partial charge is 0.314 e. The van der Waals surface area contributed by atoms with Crippen LogP contribution >= 0.6 is 0 Å². The number of rotatable bonds is 7. The predicted octanol–water partition coefficient (Wildman–Crippen LogP) is 1.42. The molecule has 1 aliphatic rings. The molecule has 0 spiro atoms. The summed E-state index contributed by atoms with van der Waals surface area (Å²) in [5.74, 6) is -0.998. The number of carbonyl (C=O) groups is 2. The van der Waals surface area contributed by atoms with E-state index in [9.17, 15) is 14.0 Å². The van der Waals surface area contributed by atoms with Gasteiger partial charge in [0.05, 0.1) is 11.7 Å². The lowest BCUT2D eigenvalue weighted by Crippen LogP contribution is -2.40. The van der Waals surface area contributed by atoms with Crippen molar-refractivity contribution in [3.63, 3.8) is 0 Å². The fourth-order valence-electron chi connectivity index (χ4n) is 2.31. The van der Waals surface area contributed by atoms with Gasteiger partial charge < -0.3 is 20.7 Å². The summed E-state index contributed by atoms with van der Waals surface area (Å²) in [6, 6.07) is 5.57. The first-order valence-corrected chi connectivity index (χ1v) is 7.83. The third-order valence-electron chi connectivity index (χ3n) is 3.56. The van der Waals surface area contributed by atoms with Crippen LogP contribution in [0.2, 0.25) is 0 Å². The van der Waals surface area contributed by atoms with Gasteiger partial charge in [0, 0.05) is 26.2 Å². The fourth-order valence-corrected chi connectivity index (χ4v) is 2.31. The van der Waals surface area contributed by atoms with Crippen molar-refractivity contribution in [3.8, 4) is 0 Å². The van der Waals surface area contributed by atoms with Gasteiger partial charge in [-0.15, -0.1) is 0 Å². The normalized spacial score (nSPS) is 16.8. The minimum absolute atomic E-state index is 0.0229. The van der Waals surface area contributed by atoms with Crippen molar-refractivity contribution in [3.05, 3.63) is 35.6 Å².